The predicted octanol–water partition coefficient (Wildman–Crippen LogP) is 1.24. The second kappa shape index (κ2) is 6.17. The Labute approximate surface area is 67.9 Å². The molecule has 0 heterocycles. The minimum atomic E-state index is -0.431. The first kappa shape index (κ1) is 10.4. The Hall–Kier alpha value is -0.560. The Balaban J connectivity index is 3.52. The first-order chi connectivity index (χ1) is 5.22. The number of unbranched alkanes of at least 4 members (excludes halogenated alkanes) is 1. The van der Waals surface area contributed by atoms with Gasteiger partial charge >= 0.3 is 0 Å². The molecule has 2 heteroatoms. The van der Waals surface area contributed by atoms with Crippen LogP contribution in [-0.4, -0.2) is 22.9 Å². The number of hydrogen-bond acceptors (Lipinski definition) is 2. The molecular formula is C9H16O2. The maximum atomic E-state index is 9.32. The highest BCUT2D eigenvalue weighted by Crippen LogP contribution is 2.07. The van der Waals surface area contributed by atoms with Gasteiger partial charge in [0.1, 0.15) is 0 Å². The molecule has 0 rings (SSSR count). The fourth-order valence-corrected chi connectivity index (χ4v) is 0.784. The van der Waals surface area contributed by atoms with Gasteiger partial charge in [-0.2, -0.15) is 0 Å². The molecule has 2 nitrogen and oxygen atoms in total. The molecule has 0 radical (unpaired) electrons. The zero-order chi connectivity index (χ0) is 8.69. The first-order valence-corrected chi connectivity index (χ1v) is 3.87. The molecule has 0 saturated carbocycles. The van der Waals surface area contributed by atoms with Gasteiger partial charge in [-0.05, 0) is 31.8 Å². The fourth-order valence-electron chi connectivity index (χ4n) is 0.784. The van der Waals surface area contributed by atoms with E-state index >= 15 is 0 Å². The summed E-state index contributed by atoms with van der Waals surface area (Å²) in [6.07, 6.45) is 1.85. The Morgan fingerprint density at radius 1 is 1.55 bits per heavy atom. The molecule has 0 bridgehead atoms. The van der Waals surface area contributed by atoms with E-state index in [1.54, 1.807) is 6.92 Å². The van der Waals surface area contributed by atoms with Gasteiger partial charge in [-0.25, -0.2) is 0 Å². The molecular weight excluding hydrogens is 140 g/mol. The normalized spacial score (nSPS) is 12.3. The summed E-state index contributed by atoms with van der Waals surface area (Å²) in [5.74, 6) is 0. The van der Waals surface area contributed by atoms with E-state index < -0.39 is 6.10 Å². The SMILES string of the molecule is C=C=C(C)C(O)CCCCO. The van der Waals surface area contributed by atoms with Crippen LogP contribution in [0.4, 0.5) is 0 Å². The lowest BCUT2D eigenvalue weighted by molar-refractivity contribution is 0.190. The topological polar surface area (TPSA) is 40.5 Å². The van der Waals surface area contributed by atoms with E-state index in [0.717, 1.165) is 18.4 Å². The molecule has 0 aromatic rings. The number of aliphatic hydroxyl groups excluding tert-OH is 2. The van der Waals surface area contributed by atoms with Crippen LogP contribution in [0.15, 0.2) is 17.9 Å². The maximum Gasteiger partial charge on any atom is 0.0820 e. The van der Waals surface area contributed by atoms with Gasteiger partial charge in [0.2, 0.25) is 0 Å². The van der Waals surface area contributed by atoms with Crippen LogP contribution in [0.3, 0.4) is 0 Å². The molecule has 11 heavy (non-hydrogen) atoms. The molecule has 0 aliphatic heterocycles. The average molecular weight is 156 g/mol. The number of rotatable bonds is 5. The zero-order valence-electron chi connectivity index (χ0n) is 7.01. The lowest BCUT2D eigenvalue weighted by Crippen LogP contribution is -2.07. The van der Waals surface area contributed by atoms with Crippen molar-refractivity contribution in [1.82, 2.24) is 0 Å². The Bertz CT molecular complexity index is 146. The summed E-state index contributed by atoms with van der Waals surface area (Å²) in [6, 6.07) is 0. The molecule has 0 amide bonds. The van der Waals surface area contributed by atoms with Crippen molar-refractivity contribution in [1.29, 1.82) is 0 Å². The largest absolute Gasteiger partial charge is 0.396 e. The highest BCUT2D eigenvalue weighted by Gasteiger charge is 2.03. The van der Waals surface area contributed by atoms with E-state index in [4.69, 9.17) is 5.11 Å². The molecule has 1 atom stereocenters. The molecule has 64 valence electrons. The predicted molar refractivity (Wildman–Crippen MR) is 45.3 cm³/mol. The summed E-state index contributed by atoms with van der Waals surface area (Å²) in [7, 11) is 0. The minimum absolute atomic E-state index is 0.198. The third-order valence-corrected chi connectivity index (χ3v) is 1.66. The van der Waals surface area contributed by atoms with Crippen LogP contribution >= 0.6 is 0 Å². The third kappa shape index (κ3) is 4.79. The van der Waals surface area contributed by atoms with Crippen LogP contribution in [-0.2, 0) is 0 Å². The zero-order valence-corrected chi connectivity index (χ0v) is 7.01. The Kier molecular flexibility index (Phi) is 5.86. The second-order valence-electron chi connectivity index (χ2n) is 2.59. The van der Waals surface area contributed by atoms with Gasteiger partial charge in [0.25, 0.3) is 0 Å². The van der Waals surface area contributed by atoms with Crippen molar-refractivity contribution in [2.75, 3.05) is 6.61 Å². The van der Waals surface area contributed by atoms with E-state index in [9.17, 15) is 5.11 Å². The van der Waals surface area contributed by atoms with Gasteiger partial charge in [0, 0.05) is 6.61 Å². The molecule has 2 N–H and O–H groups in total. The number of aliphatic hydroxyl groups is 2. The van der Waals surface area contributed by atoms with E-state index in [1.165, 1.54) is 0 Å². The van der Waals surface area contributed by atoms with E-state index in [1.807, 2.05) is 0 Å². The molecule has 0 fully saturated rings. The van der Waals surface area contributed by atoms with E-state index in [2.05, 4.69) is 12.3 Å². The minimum Gasteiger partial charge on any atom is -0.396 e. The third-order valence-electron chi connectivity index (χ3n) is 1.66. The Morgan fingerprint density at radius 3 is 2.64 bits per heavy atom. The van der Waals surface area contributed by atoms with Gasteiger partial charge in [-0.1, -0.05) is 6.58 Å². The molecule has 0 spiro atoms. The lowest BCUT2D eigenvalue weighted by Gasteiger charge is -2.07. The highest BCUT2D eigenvalue weighted by molar-refractivity contribution is 5.00. The lowest BCUT2D eigenvalue weighted by atomic mass is 10.1. The standard InChI is InChI=1S/C9H16O2/c1-3-8(2)9(11)6-4-5-7-10/h9-11H,1,4-7H2,2H3. The molecule has 0 aromatic heterocycles. The van der Waals surface area contributed by atoms with Crippen LogP contribution in [0.25, 0.3) is 0 Å². The molecule has 1 unspecified atom stereocenters. The van der Waals surface area contributed by atoms with Crippen LogP contribution in [0, 0.1) is 0 Å². The van der Waals surface area contributed by atoms with E-state index in [0.29, 0.717) is 6.42 Å². The van der Waals surface area contributed by atoms with Gasteiger partial charge < -0.3 is 10.2 Å². The summed E-state index contributed by atoms with van der Waals surface area (Å²) in [6.45, 7) is 5.44. The average Bonchev–Trinajstić information content (AvgIpc) is 2.03. The summed E-state index contributed by atoms with van der Waals surface area (Å²) in [5.41, 5.74) is 3.43. The van der Waals surface area contributed by atoms with Gasteiger partial charge in [-0.15, -0.1) is 5.73 Å². The quantitative estimate of drug-likeness (QED) is 0.464. The van der Waals surface area contributed by atoms with Crippen molar-refractivity contribution >= 4 is 0 Å². The van der Waals surface area contributed by atoms with Crippen LogP contribution in [0.1, 0.15) is 26.2 Å². The van der Waals surface area contributed by atoms with E-state index in [-0.39, 0.29) is 6.61 Å². The van der Waals surface area contributed by atoms with Crippen molar-refractivity contribution in [2.24, 2.45) is 0 Å². The van der Waals surface area contributed by atoms with Crippen LogP contribution in [0.5, 0.6) is 0 Å². The number of hydrogen-bond donors (Lipinski definition) is 2. The fraction of sp³-hybridized carbons (Fsp3) is 0.667. The van der Waals surface area contributed by atoms with Crippen LogP contribution < -0.4 is 0 Å². The van der Waals surface area contributed by atoms with Crippen molar-refractivity contribution in [2.45, 2.75) is 32.3 Å². The molecule has 0 aliphatic rings. The molecule has 0 aromatic carbocycles. The molecule has 0 aliphatic carbocycles. The van der Waals surface area contributed by atoms with Crippen LogP contribution in [0.2, 0.25) is 0 Å². The molecule has 0 saturated heterocycles. The van der Waals surface area contributed by atoms with Gasteiger partial charge in [0.15, 0.2) is 0 Å². The smallest absolute Gasteiger partial charge is 0.0820 e. The summed E-state index contributed by atoms with van der Waals surface area (Å²) >= 11 is 0. The van der Waals surface area contributed by atoms with Crippen molar-refractivity contribution in [3.05, 3.63) is 17.9 Å². The van der Waals surface area contributed by atoms with Crippen molar-refractivity contribution < 1.29 is 10.2 Å². The summed E-state index contributed by atoms with van der Waals surface area (Å²) in [4.78, 5) is 0. The van der Waals surface area contributed by atoms with Crippen molar-refractivity contribution in [3.63, 3.8) is 0 Å². The van der Waals surface area contributed by atoms with Gasteiger partial charge in [-0.3, -0.25) is 0 Å². The monoisotopic (exact) mass is 156 g/mol. The van der Waals surface area contributed by atoms with Gasteiger partial charge in [0.05, 0.1) is 6.10 Å². The highest BCUT2D eigenvalue weighted by atomic mass is 16.3. The maximum absolute atomic E-state index is 9.32. The summed E-state index contributed by atoms with van der Waals surface area (Å²) in [5, 5.41) is 17.8. The van der Waals surface area contributed by atoms with Crippen molar-refractivity contribution in [3.8, 4) is 0 Å². The Morgan fingerprint density at radius 2 is 2.18 bits per heavy atom. The second-order valence-corrected chi connectivity index (χ2v) is 2.59. The summed E-state index contributed by atoms with van der Waals surface area (Å²) < 4.78 is 0. The first-order valence-electron chi connectivity index (χ1n) is 3.87.